The summed E-state index contributed by atoms with van der Waals surface area (Å²) in [6.07, 6.45) is 2.44. The molecule has 1 unspecified atom stereocenters. The predicted octanol–water partition coefficient (Wildman–Crippen LogP) is 0.751. The van der Waals surface area contributed by atoms with Crippen molar-refractivity contribution in [1.29, 1.82) is 0 Å². The molecule has 3 nitrogen and oxygen atoms in total. The molecule has 1 saturated heterocycles. The summed E-state index contributed by atoms with van der Waals surface area (Å²) in [5.74, 6) is 0. The molecule has 84 valence electrons. The topological polar surface area (TPSA) is 32.5 Å². The Bertz CT molecular complexity index is 147. The molecule has 0 bridgehead atoms. The van der Waals surface area contributed by atoms with Gasteiger partial charge in [-0.15, -0.1) is 0 Å². The Morgan fingerprint density at radius 2 is 1.79 bits per heavy atom. The van der Waals surface area contributed by atoms with Crippen LogP contribution in [-0.4, -0.2) is 55.1 Å². The largest absolute Gasteiger partial charge is 0.328 e. The Labute approximate surface area is 88.2 Å². The van der Waals surface area contributed by atoms with Crippen LogP contribution in [0.15, 0.2) is 0 Å². The fourth-order valence-electron chi connectivity index (χ4n) is 1.95. The van der Waals surface area contributed by atoms with Crippen molar-refractivity contribution >= 4 is 0 Å². The van der Waals surface area contributed by atoms with E-state index < -0.39 is 0 Å². The molecule has 1 fully saturated rings. The van der Waals surface area contributed by atoms with Gasteiger partial charge >= 0.3 is 0 Å². The highest BCUT2D eigenvalue weighted by Crippen LogP contribution is 2.03. The van der Waals surface area contributed by atoms with Crippen LogP contribution in [0, 0.1) is 0 Å². The van der Waals surface area contributed by atoms with Gasteiger partial charge in [-0.05, 0) is 45.9 Å². The van der Waals surface area contributed by atoms with Gasteiger partial charge in [0.25, 0.3) is 0 Å². The molecule has 1 aliphatic rings. The summed E-state index contributed by atoms with van der Waals surface area (Å²) in [4.78, 5) is 5.09. The van der Waals surface area contributed by atoms with Gasteiger partial charge in [0.1, 0.15) is 0 Å². The fourth-order valence-corrected chi connectivity index (χ4v) is 1.95. The number of hydrogen-bond donors (Lipinski definition) is 1. The number of likely N-dealkylation sites (N-methyl/N-ethyl adjacent to an activating group) is 1. The molecule has 0 amide bonds. The SMILES string of the molecule is CCN1CCCN(CCC(C)N)CC1. The molecule has 0 aromatic carbocycles. The quantitative estimate of drug-likeness (QED) is 0.725. The summed E-state index contributed by atoms with van der Waals surface area (Å²) >= 11 is 0. The second-order valence-electron chi connectivity index (χ2n) is 4.40. The van der Waals surface area contributed by atoms with Crippen molar-refractivity contribution in [3.63, 3.8) is 0 Å². The highest BCUT2D eigenvalue weighted by atomic mass is 15.2. The van der Waals surface area contributed by atoms with E-state index in [0.29, 0.717) is 6.04 Å². The van der Waals surface area contributed by atoms with E-state index in [4.69, 9.17) is 5.73 Å². The fraction of sp³-hybridized carbons (Fsp3) is 1.00. The van der Waals surface area contributed by atoms with Crippen molar-refractivity contribution < 1.29 is 0 Å². The standard InChI is InChI=1S/C11H25N3/c1-3-13-6-4-7-14(10-9-13)8-5-11(2)12/h11H,3-10,12H2,1-2H3. The zero-order valence-corrected chi connectivity index (χ0v) is 9.71. The first kappa shape index (κ1) is 12.0. The molecule has 2 N–H and O–H groups in total. The van der Waals surface area contributed by atoms with Gasteiger partial charge in [0.2, 0.25) is 0 Å². The van der Waals surface area contributed by atoms with Crippen LogP contribution in [0.1, 0.15) is 26.7 Å². The van der Waals surface area contributed by atoms with Gasteiger partial charge in [0.05, 0.1) is 0 Å². The van der Waals surface area contributed by atoms with Gasteiger partial charge in [0, 0.05) is 19.1 Å². The molecule has 1 atom stereocenters. The molecule has 0 radical (unpaired) electrons. The average Bonchev–Trinajstić information content (AvgIpc) is 2.39. The third-order valence-electron chi connectivity index (χ3n) is 3.03. The summed E-state index contributed by atoms with van der Waals surface area (Å²) < 4.78 is 0. The average molecular weight is 199 g/mol. The van der Waals surface area contributed by atoms with E-state index in [0.717, 1.165) is 6.42 Å². The number of hydrogen-bond acceptors (Lipinski definition) is 3. The van der Waals surface area contributed by atoms with E-state index in [2.05, 4.69) is 23.6 Å². The molecule has 1 heterocycles. The van der Waals surface area contributed by atoms with Gasteiger partial charge in [-0.1, -0.05) is 6.92 Å². The lowest BCUT2D eigenvalue weighted by Crippen LogP contribution is -2.33. The summed E-state index contributed by atoms with van der Waals surface area (Å²) in [6.45, 7) is 11.7. The molecule has 0 aliphatic carbocycles. The normalized spacial score (nSPS) is 23.4. The van der Waals surface area contributed by atoms with Crippen LogP contribution in [0.2, 0.25) is 0 Å². The van der Waals surface area contributed by atoms with Crippen molar-refractivity contribution in [2.45, 2.75) is 32.7 Å². The van der Waals surface area contributed by atoms with Crippen molar-refractivity contribution in [3.05, 3.63) is 0 Å². The van der Waals surface area contributed by atoms with Crippen molar-refractivity contribution in [1.82, 2.24) is 9.80 Å². The monoisotopic (exact) mass is 199 g/mol. The maximum atomic E-state index is 5.77. The van der Waals surface area contributed by atoms with Gasteiger partial charge < -0.3 is 15.5 Å². The summed E-state index contributed by atoms with van der Waals surface area (Å²) in [5.41, 5.74) is 5.77. The van der Waals surface area contributed by atoms with Gasteiger partial charge in [0.15, 0.2) is 0 Å². The molecule has 0 saturated carbocycles. The van der Waals surface area contributed by atoms with Crippen LogP contribution < -0.4 is 5.73 Å². The minimum Gasteiger partial charge on any atom is -0.328 e. The molecule has 1 aliphatic heterocycles. The zero-order valence-electron chi connectivity index (χ0n) is 9.71. The number of nitrogens with two attached hydrogens (primary N) is 1. The summed E-state index contributed by atoms with van der Waals surface area (Å²) in [7, 11) is 0. The van der Waals surface area contributed by atoms with Crippen LogP contribution in [-0.2, 0) is 0 Å². The van der Waals surface area contributed by atoms with Crippen molar-refractivity contribution in [3.8, 4) is 0 Å². The molecule has 0 aromatic heterocycles. The Kier molecular flexibility index (Phi) is 5.45. The van der Waals surface area contributed by atoms with Crippen LogP contribution in [0.25, 0.3) is 0 Å². The molecule has 1 rings (SSSR count). The highest BCUT2D eigenvalue weighted by molar-refractivity contribution is 4.69. The minimum absolute atomic E-state index is 0.348. The molecule has 0 aromatic rings. The third kappa shape index (κ3) is 4.40. The lowest BCUT2D eigenvalue weighted by molar-refractivity contribution is 0.257. The Morgan fingerprint density at radius 1 is 1.14 bits per heavy atom. The number of rotatable bonds is 4. The molecule has 3 heteroatoms. The Morgan fingerprint density at radius 3 is 2.43 bits per heavy atom. The first-order valence-corrected chi connectivity index (χ1v) is 5.92. The van der Waals surface area contributed by atoms with Crippen LogP contribution in [0.4, 0.5) is 0 Å². The highest BCUT2D eigenvalue weighted by Gasteiger charge is 2.13. The maximum Gasteiger partial charge on any atom is 0.0109 e. The summed E-state index contributed by atoms with van der Waals surface area (Å²) in [5, 5.41) is 0. The van der Waals surface area contributed by atoms with Crippen molar-refractivity contribution in [2.24, 2.45) is 5.73 Å². The van der Waals surface area contributed by atoms with E-state index in [1.807, 2.05) is 0 Å². The lowest BCUT2D eigenvalue weighted by Gasteiger charge is -2.21. The Balaban J connectivity index is 2.20. The predicted molar refractivity (Wildman–Crippen MR) is 61.4 cm³/mol. The van der Waals surface area contributed by atoms with Crippen LogP contribution in [0.5, 0.6) is 0 Å². The lowest BCUT2D eigenvalue weighted by atomic mass is 10.2. The van der Waals surface area contributed by atoms with Gasteiger partial charge in [-0.2, -0.15) is 0 Å². The Hall–Kier alpha value is -0.120. The molecular formula is C11H25N3. The van der Waals surface area contributed by atoms with Gasteiger partial charge in [-0.3, -0.25) is 0 Å². The molecule has 14 heavy (non-hydrogen) atoms. The first-order valence-electron chi connectivity index (χ1n) is 5.92. The minimum atomic E-state index is 0.348. The molecular weight excluding hydrogens is 174 g/mol. The molecule has 0 spiro atoms. The van der Waals surface area contributed by atoms with E-state index in [9.17, 15) is 0 Å². The van der Waals surface area contributed by atoms with E-state index in [1.165, 1.54) is 45.7 Å². The smallest absolute Gasteiger partial charge is 0.0109 e. The van der Waals surface area contributed by atoms with Gasteiger partial charge in [-0.25, -0.2) is 0 Å². The van der Waals surface area contributed by atoms with Crippen LogP contribution in [0.3, 0.4) is 0 Å². The van der Waals surface area contributed by atoms with E-state index in [-0.39, 0.29) is 0 Å². The summed E-state index contributed by atoms with van der Waals surface area (Å²) in [6, 6.07) is 0.348. The second-order valence-corrected chi connectivity index (χ2v) is 4.40. The van der Waals surface area contributed by atoms with Crippen LogP contribution >= 0.6 is 0 Å². The van der Waals surface area contributed by atoms with E-state index in [1.54, 1.807) is 0 Å². The maximum absolute atomic E-state index is 5.77. The second kappa shape index (κ2) is 6.38. The zero-order chi connectivity index (χ0) is 10.4. The van der Waals surface area contributed by atoms with E-state index >= 15 is 0 Å². The van der Waals surface area contributed by atoms with Crippen molar-refractivity contribution in [2.75, 3.05) is 39.3 Å². The first-order chi connectivity index (χ1) is 6.72. The third-order valence-corrected chi connectivity index (χ3v) is 3.03. The number of nitrogens with zero attached hydrogens (tertiary/aromatic N) is 2.